The van der Waals surface area contributed by atoms with Crippen molar-refractivity contribution in [1.82, 2.24) is 4.90 Å². The molecule has 2 aromatic rings. The third-order valence-electron chi connectivity index (χ3n) is 5.10. The molecule has 0 aliphatic carbocycles. The summed E-state index contributed by atoms with van der Waals surface area (Å²) in [5, 5.41) is 2.83. The molecule has 3 rings (SSSR count). The lowest BCUT2D eigenvalue weighted by atomic mass is 10.1. The Morgan fingerprint density at radius 3 is 2.73 bits per heavy atom. The summed E-state index contributed by atoms with van der Waals surface area (Å²) in [6, 6.07) is 14.4. The molecule has 1 N–H and O–H groups in total. The minimum Gasteiger partial charge on any atom is -0.484 e. The van der Waals surface area contributed by atoms with Crippen LogP contribution < -0.4 is 15.0 Å². The highest BCUT2D eigenvalue weighted by Gasteiger charge is 2.30. The molecule has 158 valence electrons. The van der Waals surface area contributed by atoms with Gasteiger partial charge in [-0.3, -0.25) is 14.4 Å². The van der Waals surface area contributed by atoms with Crippen LogP contribution in [-0.4, -0.2) is 48.9 Å². The van der Waals surface area contributed by atoms with Crippen molar-refractivity contribution in [2.24, 2.45) is 0 Å². The number of fused-ring (bicyclic) bond motifs is 1. The number of carbonyl (C=O) groups is 3. The SMILES string of the molecule is CCc1cccc(OCC(=O)N(C)CC(=O)N2c3ccccc3NC(=O)C[C@@H]2C)c1. The van der Waals surface area contributed by atoms with E-state index in [1.807, 2.05) is 31.2 Å². The second kappa shape index (κ2) is 9.43. The van der Waals surface area contributed by atoms with Crippen LogP contribution in [0.2, 0.25) is 0 Å². The Hall–Kier alpha value is -3.35. The van der Waals surface area contributed by atoms with E-state index in [9.17, 15) is 14.4 Å². The fraction of sp³-hybridized carbons (Fsp3) is 0.348. The Labute approximate surface area is 176 Å². The van der Waals surface area contributed by atoms with E-state index < -0.39 is 0 Å². The van der Waals surface area contributed by atoms with Gasteiger partial charge in [-0.15, -0.1) is 0 Å². The van der Waals surface area contributed by atoms with E-state index in [2.05, 4.69) is 12.2 Å². The normalized spacial score (nSPS) is 15.6. The first-order valence-electron chi connectivity index (χ1n) is 10.1. The second-order valence-electron chi connectivity index (χ2n) is 7.42. The molecular weight excluding hydrogens is 382 g/mol. The minimum absolute atomic E-state index is 0.107. The van der Waals surface area contributed by atoms with Gasteiger partial charge < -0.3 is 19.9 Å². The molecule has 1 aliphatic heterocycles. The van der Waals surface area contributed by atoms with Crippen molar-refractivity contribution in [3.63, 3.8) is 0 Å². The number of aryl methyl sites for hydroxylation is 1. The first kappa shape index (κ1) is 21.4. The number of amides is 3. The highest BCUT2D eigenvalue weighted by molar-refractivity contribution is 6.05. The Morgan fingerprint density at radius 2 is 1.97 bits per heavy atom. The van der Waals surface area contributed by atoms with Crippen LogP contribution in [0, 0.1) is 0 Å². The van der Waals surface area contributed by atoms with Gasteiger partial charge in [0.25, 0.3) is 5.91 Å². The van der Waals surface area contributed by atoms with Crippen LogP contribution in [0.25, 0.3) is 0 Å². The molecule has 3 amide bonds. The van der Waals surface area contributed by atoms with E-state index >= 15 is 0 Å². The largest absolute Gasteiger partial charge is 0.484 e. The van der Waals surface area contributed by atoms with E-state index in [1.54, 1.807) is 36.2 Å². The van der Waals surface area contributed by atoms with E-state index in [1.165, 1.54) is 4.90 Å². The number of likely N-dealkylation sites (N-methyl/N-ethyl adjacent to an activating group) is 1. The van der Waals surface area contributed by atoms with Crippen LogP contribution in [0.3, 0.4) is 0 Å². The predicted octanol–water partition coefficient (Wildman–Crippen LogP) is 2.85. The zero-order valence-corrected chi connectivity index (χ0v) is 17.6. The van der Waals surface area contributed by atoms with Crippen molar-refractivity contribution < 1.29 is 19.1 Å². The Balaban J connectivity index is 1.65. The molecule has 0 saturated heterocycles. The summed E-state index contributed by atoms with van der Waals surface area (Å²) in [6.45, 7) is 3.62. The number of hydrogen-bond donors (Lipinski definition) is 1. The number of hydrogen-bond acceptors (Lipinski definition) is 4. The fourth-order valence-corrected chi connectivity index (χ4v) is 3.45. The highest BCUT2D eigenvalue weighted by Crippen LogP contribution is 2.31. The molecule has 0 bridgehead atoms. The number of benzene rings is 2. The summed E-state index contributed by atoms with van der Waals surface area (Å²) in [4.78, 5) is 40.6. The summed E-state index contributed by atoms with van der Waals surface area (Å²) >= 11 is 0. The van der Waals surface area contributed by atoms with Crippen LogP contribution in [0.15, 0.2) is 48.5 Å². The quantitative estimate of drug-likeness (QED) is 0.796. The molecule has 7 heteroatoms. The molecule has 0 spiro atoms. The molecule has 1 heterocycles. The van der Waals surface area contributed by atoms with Crippen molar-refractivity contribution in [2.75, 3.05) is 30.4 Å². The Kier molecular flexibility index (Phi) is 6.72. The van der Waals surface area contributed by atoms with Crippen molar-refractivity contribution in [1.29, 1.82) is 0 Å². The molecule has 0 radical (unpaired) electrons. The molecule has 1 atom stereocenters. The van der Waals surface area contributed by atoms with Gasteiger partial charge in [-0.25, -0.2) is 0 Å². The van der Waals surface area contributed by atoms with Gasteiger partial charge in [-0.05, 0) is 43.2 Å². The molecular formula is C23H27N3O4. The highest BCUT2D eigenvalue weighted by atomic mass is 16.5. The number of para-hydroxylation sites is 2. The molecule has 0 unspecified atom stereocenters. The van der Waals surface area contributed by atoms with Crippen molar-refractivity contribution in [3.8, 4) is 5.75 Å². The lowest BCUT2D eigenvalue weighted by Crippen LogP contribution is -2.46. The van der Waals surface area contributed by atoms with Gasteiger partial charge in [0.1, 0.15) is 5.75 Å². The third kappa shape index (κ3) is 4.97. The number of nitrogens with one attached hydrogen (secondary N) is 1. The average Bonchev–Trinajstić information content (AvgIpc) is 2.86. The van der Waals surface area contributed by atoms with Crippen LogP contribution in [0.5, 0.6) is 5.75 Å². The zero-order chi connectivity index (χ0) is 21.7. The van der Waals surface area contributed by atoms with E-state index in [0.29, 0.717) is 17.1 Å². The molecule has 30 heavy (non-hydrogen) atoms. The van der Waals surface area contributed by atoms with Crippen LogP contribution in [0.4, 0.5) is 11.4 Å². The summed E-state index contributed by atoms with van der Waals surface area (Å²) in [5.74, 6) is -0.0648. The van der Waals surface area contributed by atoms with Gasteiger partial charge in [0.2, 0.25) is 11.8 Å². The van der Waals surface area contributed by atoms with Gasteiger partial charge in [0.05, 0.1) is 17.9 Å². The maximum Gasteiger partial charge on any atom is 0.260 e. The average molecular weight is 409 g/mol. The van der Waals surface area contributed by atoms with Gasteiger partial charge >= 0.3 is 0 Å². The minimum atomic E-state index is -0.322. The molecule has 0 aromatic heterocycles. The van der Waals surface area contributed by atoms with Crippen LogP contribution >= 0.6 is 0 Å². The molecule has 2 aromatic carbocycles. The number of nitrogens with zero attached hydrogens (tertiary/aromatic N) is 2. The van der Waals surface area contributed by atoms with Gasteiger partial charge in [-0.2, -0.15) is 0 Å². The summed E-state index contributed by atoms with van der Waals surface area (Å²) in [7, 11) is 1.57. The number of rotatable bonds is 6. The van der Waals surface area contributed by atoms with Crippen molar-refractivity contribution in [3.05, 3.63) is 54.1 Å². The van der Waals surface area contributed by atoms with E-state index in [4.69, 9.17) is 4.74 Å². The topological polar surface area (TPSA) is 79.0 Å². The predicted molar refractivity (Wildman–Crippen MR) is 116 cm³/mol. The summed E-state index contributed by atoms with van der Waals surface area (Å²) in [6.07, 6.45) is 1.07. The maximum absolute atomic E-state index is 13.1. The second-order valence-corrected chi connectivity index (χ2v) is 7.42. The Morgan fingerprint density at radius 1 is 1.20 bits per heavy atom. The van der Waals surface area contributed by atoms with Gasteiger partial charge in [0.15, 0.2) is 6.61 Å². The van der Waals surface area contributed by atoms with Crippen LogP contribution in [0.1, 0.15) is 25.8 Å². The van der Waals surface area contributed by atoms with Crippen molar-refractivity contribution >= 4 is 29.1 Å². The van der Waals surface area contributed by atoms with Gasteiger partial charge in [-0.1, -0.05) is 31.2 Å². The molecule has 7 nitrogen and oxygen atoms in total. The first-order valence-corrected chi connectivity index (χ1v) is 10.1. The standard InChI is InChI=1S/C23H27N3O4/c1-4-17-8-7-9-18(13-17)30-15-23(29)25(3)14-22(28)26-16(2)12-21(27)24-19-10-5-6-11-20(19)26/h5-11,13,16H,4,12,14-15H2,1-3H3,(H,24,27)/t16-/m0/s1. The number of ether oxygens (including phenoxy) is 1. The number of anilines is 2. The van der Waals surface area contributed by atoms with Gasteiger partial charge in [0, 0.05) is 19.5 Å². The van der Waals surface area contributed by atoms with E-state index in [-0.39, 0.29) is 43.3 Å². The van der Waals surface area contributed by atoms with E-state index in [0.717, 1.165) is 12.0 Å². The zero-order valence-electron chi connectivity index (χ0n) is 17.6. The summed E-state index contributed by atoms with van der Waals surface area (Å²) in [5.41, 5.74) is 2.35. The van der Waals surface area contributed by atoms with Crippen LogP contribution in [-0.2, 0) is 20.8 Å². The number of carbonyl (C=O) groups excluding carboxylic acids is 3. The first-order chi connectivity index (χ1) is 14.4. The fourth-order valence-electron chi connectivity index (χ4n) is 3.45. The third-order valence-corrected chi connectivity index (χ3v) is 5.10. The summed E-state index contributed by atoms with van der Waals surface area (Å²) < 4.78 is 5.60. The smallest absolute Gasteiger partial charge is 0.260 e. The molecule has 0 fully saturated rings. The maximum atomic E-state index is 13.1. The molecule has 0 saturated carbocycles. The molecule has 1 aliphatic rings. The Bertz CT molecular complexity index is 944. The lowest BCUT2D eigenvalue weighted by molar-refractivity contribution is -0.135. The monoisotopic (exact) mass is 409 g/mol. The lowest BCUT2D eigenvalue weighted by Gasteiger charge is -2.29. The van der Waals surface area contributed by atoms with Crippen molar-refractivity contribution in [2.45, 2.75) is 32.7 Å².